The van der Waals surface area contributed by atoms with Crippen molar-refractivity contribution in [2.45, 2.75) is 31.0 Å². The van der Waals surface area contributed by atoms with Crippen molar-refractivity contribution in [3.05, 3.63) is 68.4 Å². The lowest BCUT2D eigenvalue weighted by atomic mass is 9.88. The zero-order valence-electron chi connectivity index (χ0n) is 15.9. The molecular weight excluding hydrogens is 447 g/mol. The number of aromatic nitrogens is 1. The minimum atomic E-state index is -0.919. The van der Waals surface area contributed by atoms with E-state index >= 15 is 0 Å². The van der Waals surface area contributed by atoms with Gasteiger partial charge >= 0.3 is 0 Å². The SMILES string of the molecule is OC1(c2ccc(OCc3c(-c4c(Cl)cccc4Cl)noc3C3CC3)cc2Cl)CNC1. The number of aliphatic hydroxyl groups is 1. The highest BCUT2D eigenvalue weighted by Crippen LogP contribution is 2.46. The maximum atomic E-state index is 10.5. The molecule has 2 aromatic carbocycles. The number of benzene rings is 2. The van der Waals surface area contributed by atoms with Gasteiger partial charge in [-0.15, -0.1) is 0 Å². The van der Waals surface area contributed by atoms with Gasteiger partial charge in [0.15, 0.2) is 0 Å². The van der Waals surface area contributed by atoms with Crippen molar-refractivity contribution in [2.75, 3.05) is 13.1 Å². The molecule has 1 aliphatic heterocycles. The fraction of sp³-hybridized carbons (Fsp3) is 0.318. The van der Waals surface area contributed by atoms with Crippen LogP contribution in [0.4, 0.5) is 0 Å². The molecule has 2 aliphatic rings. The number of nitrogens with one attached hydrogen (secondary N) is 1. The first-order valence-corrected chi connectivity index (χ1v) is 10.9. The molecule has 0 amide bonds. The first-order chi connectivity index (χ1) is 14.5. The van der Waals surface area contributed by atoms with Gasteiger partial charge in [0.25, 0.3) is 0 Å². The van der Waals surface area contributed by atoms with Crippen molar-refractivity contribution in [2.24, 2.45) is 0 Å². The second kappa shape index (κ2) is 7.74. The molecule has 0 atom stereocenters. The number of hydrogen-bond donors (Lipinski definition) is 2. The van der Waals surface area contributed by atoms with Gasteiger partial charge in [0, 0.05) is 30.1 Å². The number of hydrogen-bond acceptors (Lipinski definition) is 5. The van der Waals surface area contributed by atoms with E-state index in [1.165, 1.54) is 0 Å². The van der Waals surface area contributed by atoms with Gasteiger partial charge in [-0.05, 0) is 37.1 Å². The summed E-state index contributed by atoms with van der Waals surface area (Å²) in [4.78, 5) is 0. The molecule has 2 heterocycles. The Labute approximate surface area is 188 Å². The molecule has 30 heavy (non-hydrogen) atoms. The Balaban J connectivity index is 1.44. The topological polar surface area (TPSA) is 67.5 Å². The second-order valence-electron chi connectivity index (χ2n) is 7.81. The fourth-order valence-electron chi connectivity index (χ4n) is 3.72. The smallest absolute Gasteiger partial charge is 0.147 e. The zero-order chi connectivity index (χ0) is 20.9. The maximum Gasteiger partial charge on any atom is 0.147 e. The summed E-state index contributed by atoms with van der Waals surface area (Å²) in [5.41, 5.74) is 1.86. The van der Waals surface area contributed by atoms with Crippen molar-refractivity contribution in [3.63, 3.8) is 0 Å². The average Bonchev–Trinajstić information content (AvgIpc) is 3.45. The molecule has 1 saturated carbocycles. The zero-order valence-corrected chi connectivity index (χ0v) is 18.2. The third-order valence-electron chi connectivity index (χ3n) is 5.63. The monoisotopic (exact) mass is 464 g/mol. The molecule has 8 heteroatoms. The van der Waals surface area contributed by atoms with Crippen molar-refractivity contribution in [1.82, 2.24) is 10.5 Å². The molecule has 1 aliphatic carbocycles. The van der Waals surface area contributed by atoms with Gasteiger partial charge in [0.1, 0.15) is 29.4 Å². The number of rotatable bonds is 6. The molecule has 2 fully saturated rings. The molecule has 3 aromatic rings. The van der Waals surface area contributed by atoms with E-state index in [1.807, 2.05) is 6.07 Å². The Morgan fingerprint density at radius 3 is 2.43 bits per heavy atom. The normalized spacial score (nSPS) is 17.6. The lowest BCUT2D eigenvalue weighted by molar-refractivity contribution is -0.0145. The molecule has 0 spiro atoms. The van der Waals surface area contributed by atoms with E-state index in [0.717, 1.165) is 24.2 Å². The first kappa shape index (κ1) is 20.2. The van der Waals surface area contributed by atoms with Crippen LogP contribution in [0, 0.1) is 0 Å². The Morgan fingerprint density at radius 2 is 1.83 bits per heavy atom. The minimum Gasteiger partial charge on any atom is -0.489 e. The van der Waals surface area contributed by atoms with Gasteiger partial charge in [-0.2, -0.15) is 0 Å². The highest BCUT2D eigenvalue weighted by atomic mass is 35.5. The van der Waals surface area contributed by atoms with E-state index < -0.39 is 5.60 Å². The highest BCUT2D eigenvalue weighted by Gasteiger charge is 2.38. The number of β-amino-alcohol motifs (C(OH)–C–C–N with tert-alkyl or cyclic N) is 1. The highest BCUT2D eigenvalue weighted by molar-refractivity contribution is 6.39. The van der Waals surface area contributed by atoms with Crippen LogP contribution in [0.1, 0.15) is 35.6 Å². The average molecular weight is 466 g/mol. The molecule has 5 rings (SSSR count). The third-order valence-corrected chi connectivity index (χ3v) is 6.57. The Kier molecular flexibility index (Phi) is 5.20. The van der Waals surface area contributed by atoms with E-state index in [-0.39, 0.29) is 6.61 Å². The fourth-order valence-corrected chi connectivity index (χ4v) is 4.64. The van der Waals surface area contributed by atoms with Gasteiger partial charge in [0.2, 0.25) is 0 Å². The van der Waals surface area contributed by atoms with Crippen LogP contribution in [0.3, 0.4) is 0 Å². The molecule has 1 aromatic heterocycles. The van der Waals surface area contributed by atoms with Crippen LogP contribution in [0.2, 0.25) is 15.1 Å². The summed E-state index contributed by atoms with van der Waals surface area (Å²) in [7, 11) is 0. The molecule has 0 unspecified atom stereocenters. The summed E-state index contributed by atoms with van der Waals surface area (Å²) in [6.07, 6.45) is 2.12. The van der Waals surface area contributed by atoms with Gasteiger partial charge < -0.3 is 19.7 Å². The van der Waals surface area contributed by atoms with Crippen LogP contribution in [-0.2, 0) is 12.2 Å². The summed E-state index contributed by atoms with van der Waals surface area (Å²) in [6.45, 7) is 1.22. The summed E-state index contributed by atoms with van der Waals surface area (Å²) in [5, 5.41) is 19.3. The van der Waals surface area contributed by atoms with Gasteiger partial charge in [0.05, 0.1) is 20.6 Å². The standard InChI is InChI=1S/C22H19Cl3N2O3/c23-16-2-1-3-17(24)19(16)20-14(21(30-27-20)12-4-5-12)9-29-13-6-7-15(18(25)8-13)22(28)10-26-11-22/h1-3,6-8,12,26,28H,4-5,9-11H2. The number of nitrogens with zero attached hydrogens (tertiary/aromatic N) is 1. The van der Waals surface area contributed by atoms with E-state index in [0.29, 0.717) is 56.6 Å². The van der Waals surface area contributed by atoms with Crippen molar-refractivity contribution < 1.29 is 14.4 Å². The third kappa shape index (κ3) is 3.59. The summed E-state index contributed by atoms with van der Waals surface area (Å²) >= 11 is 19.2. The van der Waals surface area contributed by atoms with Crippen LogP contribution in [0.25, 0.3) is 11.3 Å². The number of ether oxygens (including phenoxy) is 1. The summed E-state index contributed by atoms with van der Waals surface area (Å²) in [5.74, 6) is 1.76. The van der Waals surface area contributed by atoms with E-state index in [1.54, 1.807) is 30.3 Å². The largest absolute Gasteiger partial charge is 0.489 e. The Morgan fingerprint density at radius 1 is 1.10 bits per heavy atom. The molecule has 156 valence electrons. The molecule has 2 N–H and O–H groups in total. The quantitative estimate of drug-likeness (QED) is 0.500. The first-order valence-electron chi connectivity index (χ1n) is 9.75. The van der Waals surface area contributed by atoms with Crippen LogP contribution >= 0.6 is 34.8 Å². The van der Waals surface area contributed by atoms with Crippen LogP contribution in [0.15, 0.2) is 40.9 Å². The van der Waals surface area contributed by atoms with E-state index in [4.69, 9.17) is 44.1 Å². The van der Waals surface area contributed by atoms with Gasteiger partial charge in [-0.3, -0.25) is 0 Å². The molecule has 0 radical (unpaired) electrons. The van der Waals surface area contributed by atoms with Crippen molar-refractivity contribution in [1.29, 1.82) is 0 Å². The van der Waals surface area contributed by atoms with Crippen molar-refractivity contribution >= 4 is 34.8 Å². The maximum absolute atomic E-state index is 10.5. The van der Waals surface area contributed by atoms with Crippen LogP contribution < -0.4 is 10.1 Å². The molecule has 5 nitrogen and oxygen atoms in total. The molecule has 1 saturated heterocycles. The van der Waals surface area contributed by atoms with Gasteiger partial charge in [-0.1, -0.05) is 52.1 Å². The van der Waals surface area contributed by atoms with Crippen LogP contribution in [0.5, 0.6) is 5.75 Å². The van der Waals surface area contributed by atoms with Crippen LogP contribution in [-0.4, -0.2) is 23.4 Å². The Hall–Kier alpha value is -1.76. The molecular formula is C22H19Cl3N2O3. The minimum absolute atomic E-state index is 0.244. The number of halogens is 3. The second-order valence-corrected chi connectivity index (χ2v) is 9.03. The summed E-state index contributed by atoms with van der Waals surface area (Å²) in [6, 6.07) is 10.7. The lowest BCUT2D eigenvalue weighted by Gasteiger charge is -2.38. The van der Waals surface area contributed by atoms with Gasteiger partial charge in [-0.25, -0.2) is 0 Å². The molecule has 0 bridgehead atoms. The Bertz CT molecular complexity index is 1090. The van der Waals surface area contributed by atoms with E-state index in [2.05, 4.69) is 10.5 Å². The lowest BCUT2D eigenvalue weighted by Crippen LogP contribution is -2.56. The van der Waals surface area contributed by atoms with Crippen molar-refractivity contribution in [3.8, 4) is 17.0 Å². The predicted molar refractivity (Wildman–Crippen MR) is 116 cm³/mol. The summed E-state index contributed by atoms with van der Waals surface area (Å²) < 4.78 is 11.7. The van der Waals surface area contributed by atoms with E-state index in [9.17, 15) is 5.11 Å². The predicted octanol–water partition coefficient (Wildman–Crippen LogP) is 5.55.